The molecule has 2 unspecified atom stereocenters. The van der Waals surface area contributed by atoms with Crippen LogP contribution in [0.4, 0.5) is 0 Å². The molecule has 4 aliphatic rings. The zero-order valence-corrected chi connectivity index (χ0v) is 17.1. The van der Waals surface area contributed by atoms with E-state index in [0.29, 0.717) is 19.8 Å². The first-order valence-corrected chi connectivity index (χ1v) is 10.9. The summed E-state index contributed by atoms with van der Waals surface area (Å²) < 4.78 is 5.78. The molecule has 3 aliphatic carbocycles. The Morgan fingerprint density at radius 3 is 1.58 bits per heavy atom. The molecule has 3 aromatic carbocycles. The molecule has 0 radical (unpaired) electrons. The summed E-state index contributed by atoms with van der Waals surface area (Å²) >= 11 is 0. The lowest BCUT2D eigenvalue weighted by atomic mass is 9.55. The largest absolute Gasteiger partial charge is 0.375 e. The smallest absolute Gasteiger partial charge is 0.234 e. The van der Waals surface area contributed by atoms with Gasteiger partial charge in [-0.25, -0.2) is 0 Å². The molecule has 2 atom stereocenters. The van der Waals surface area contributed by atoms with Crippen molar-refractivity contribution in [3.8, 4) is 0 Å². The van der Waals surface area contributed by atoms with E-state index >= 15 is 0 Å². The second kappa shape index (κ2) is 7.17. The van der Waals surface area contributed by atoms with E-state index < -0.39 is 0 Å². The van der Waals surface area contributed by atoms with E-state index in [4.69, 9.17) is 4.74 Å². The Labute approximate surface area is 181 Å². The first-order valence-electron chi connectivity index (χ1n) is 10.9. The van der Waals surface area contributed by atoms with Crippen molar-refractivity contribution < 1.29 is 14.3 Å². The summed E-state index contributed by atoms with van der Waals surface area (Å²) in [6.45, 7) is 1.14. The van der Waals surface area contributed by atoms with Gasteiger partial charge in [-0.3, -0.25) is 14.5 Å². The van der Waals surface area contributed by atoms with Crippen LogP contribution in [0.3, 0.4) is 0 Å². The molecule has 4 heteroatoms. The summed E-state index contributed by atoms with van der Waals surface area (Å²) in [7, 11) is 0. The van der Waals surface area contributed by atoms with Gasteiger partial charge in [0, 0.05) is 11.8 Å². The molecular weight excluding hydrogens is 386 g/mol. The fourth-order valence-electron chi connectivity index (χ4n) is 5.88. The Balaban J connectivity index is 1.28. The van der Waals surface area contributed by atoms with E-state index in [0.717, 1.165) is 5.56 Å². The maximum Gasteiger partial charge on any atom is 0.234 e. The Morgan fingerprint density at radius 2 is 1.10 bits per heavy atom. The maximum absolute atomic E-state index is 13.5. The fraction of sp³-hybridized carbons (Fsp3) is 0.259. The van der Waals surface area contributed by atoms with Crippen LogP contribution in [0.1, 0.15) is 39.7 Å². The van der Waals surface area contributed by atoms with Gasteiger partial charge >= 0.3 is 0 Å². The van der Waals surface area contributed by atoms with Crippen molar-refractivity contribution in [3.05, 3.63) is 107 Å². The molecule has 0 saturated carbocycles. The molecule has 2 bridgehead atoms. The lowest BCUT2D eigenvalue weighted by Gasteiger charge is -2.45. The van der Waals surface area contributed by atoms with Crippen LogP contribution in [-0.4, -0.2) is 29.9 Å². The van der Waals surface area contributed by atoms with Crippen LogP contribution in [0.2, 0.25) is 0 Å². The van der Waals surface area contributed by atoms with Gasteiger partial charge in [0.2, 0.25) is 11.8 Å². The Morgan fingerprint density at radius 1 is 0.645 bits per heavy atom. The zero-order valence-electron chi connectivity index (χ0n) is 17.1. The van der Waals surface area contributed by atoms with Crippen molar-refractivity contribution >= 4 is 11.8 Å². The topological polar surface area (TPSA) is 46.6 Å². The number of rotatable bonds is 5. The highest BCUT2D eigenvalue weighted by atomic mass is 16.5. The summed E-state index contributed by atoms with van der Waals surface area (Å²) in [5.74, 6) is -0.800. The molecule has 4 nitrogen and oxygen atoms in total. The lowest BCUT2D eigenvalue weighted by molar-refractivity contribution is -0.140. The van der Waals surface area contributed by atoms with E-state index in [-0.39, 0.29) is 35.5 Å². The van der Waals surface area contributed by atoms with Crippen molar-refractivity contribution in [2.75, 3.05) is 13.2 Å². The molecule has 0 spiro atoms. The standard InChI is InChI=1S/C27H23NO3/c29-26-24-22-18-10-4-5-11-19(18)23(21-13-7-6-12-20(21)22)25(24)27(30)28(26)14-15-31-16-17-8-2-1-3-9-17/h1-13,22-25H,14-16H2. The predicted octanol–water partition coefficient (Wildman–Crippen LogP) is 4.10. The van der Waals surface area contributed by atoms with E-state index in [1.54, 1.807) is 0 Å². The van der Waals surface area contributed by atoms with Crippen LogP contribution in [0, 0.1) is 11.8 Å². The molecule has 154 valence electrons. The second-order valence-electron chi connectivity index (χ2n) is 8.63. The lowest BCUT2D eigenvalue weighted by Crippen LogP contribution is -2.41. The first-order chi connectivity index (χ1) is 15.3. The van der Waals surface area contributed by atoms with Gasteiger partial charge in [0.25, 0.3) is 0 Å². The molecule has 0 N–H and O–H groups in total. The molecule has 1 aliphatic heterocycles. The molecule has 31 heavy (non-hydrogen) atoms. The van der Waals surface area contributed by atoms with E-state index in [1.165, 1.54) is 27.2 Å². The van der Waals surface area contributed by atoms with Crippen LogP contribution in [0.25, 0.3) is 0 Å². The fourth-order valence-corrected chi connectivity index (χ4v) is 5.88. The summed E-state index contributed by atoms with van der Waals surface area (Å²) in [5.41, 5.74) is 5.90. The average molecular weight is 409 g/mol. The minimum absolute atomic E-state index is 0.0442. The highest BCUT2D eigenvalue weighted by molar-refractivity contribution is 6.07. The molecule has 1 saturated heterocycles. The van der Waals surface area contributed by atoms with Crippen molar-refractivity contribution in [2.45, 2.75) is 18.4 Å². The summed E-state index contributed by atoms with van der Waals surface area (Å²) in [5, 5.41) is 0. The molecule has 0 aromatic heterocycles. The van der Waals surface area contributed by atoms with Crippen LogP contribution in [-0.2, 0) is 20.9 Å². The van der Waals surface area contributed by atoms with Gasteiger partial charge in [-0.15, -0.1) is 0 Å². The number of hydrogen-bond acceptors (Lipinski definition) is 3. The van der Waals surface area contributed by atoms with E-state index in [2.05, 4.69) is 24.3 Å². The Kier molecular flexibility index (Phi) is 4.29. The summed E-state index contributed by atoms with van der Waals surface area (Å²) in [6, 6.07) is 26.6. The number of carbonyl (C=O) groups excluding carboxylic acids is 2. The number of imide groups is 1. The van der Waals surface area contributed by atoms with Crippen LogP contribution >= 0.6 is 0 Å². The summed E-state index contributed by atoms with van der Waals surface area (Å²) in [6.07, 6.45) is 0. The maximum atomic E-state index is 13.5. The number of likely N-dealkylation sites (tertiary alicyclic amines) is 1. The highest BCUT2D eigenvalue weighted by Gasteiger charge is 2.61. The second-order valence-corrected chi connectivity index (χ2v) is 8.63. The third-order valence-corrected chi connectivity index (χ3v) is 7.11. The Bertz CT molecular complexity index is 1060. The summed E-state index contributed by atoms with van der Waals surface area (Å²) in [4.78, 5) is 28.4. The van der Waals surface area contributed by atoms with Crippen molar-refractivity contribution in [3.63, 3.8) is 0 Å². The number of hydrogen-bond donors (Lipinski definition) is 0. The van der Waals surface area contributed by atoms with Gasteiger partial charge < -0.3 is 4.74 Å². The Hall–Kier alpha value is -3.24. The first kappa shape index (κ1) is 18.5. The number of amides is 2. The van der Waals surface area contributed by atoms with E-state index in [1.807, 2.05) is 54.6 Å². The number of carbonyl (C=O) groups is 2. The van der Waals surface area contributed by atoms with Crippen molar-refractivity contribution in [1.29, 1.82) is 0 Å². The number of benzene rings is 3. The number of ether oxygens (including phenoxy) is 1. The van der Waals surface area contributed by atoms with Crippen molar-refractivity contribution in [2.24, 2.45) is 11.8 Å². The molecule has 3 aromatic rings. The molecule has 2 amide bonds. The monoisotopic (exact) mass is 409 g/mol. The molecule has 7 rings (SSSR count). The van der Waals surface area contributed by atoms with Crippen LogP contribution in [0.15, 0.2) is 78.9 Å². The third kappa shape index (κ3) is 2.71. The zero-order chi connectivity index (χ0) is 20.9. The predicted molar refractivity (Wildman–Crippen MR) is 116 cm³/mol. The number of nitrogens with zero attached hydrogens (tertiary/aromatic N) is 1. The van der Waals surface area contributed by atoms with Gasteiger partial charge in [0.15, 0.2) is 0 Å². The SMILES string of the molecule is O=C1C2C3c4ccccc4C(c4ccccc43)C2C(=O)N1CCOCc1ccccc1. The van der Waals surface area contributed by atoms with Gasteiger partial charge in [0.1, 0.15) is 0 Å². The third-order valence-electron chi connectivity index (χ3n) is 7.11. The van der Waals surface area contributed by atoms with Crippen molar-refractivity contribution in [1.82, 2.24) is 4.90 Å². The van der Waals surface area contributed by atoms with Gasteiger partial charge in [-0.1, -0.05) is 78.9 Å². The normalized spacial score (nSPS) is 25.4. The molecular formula is C27H23NO3. The molecule has 1 heterocycles. The molecule has 1 fully saturated rings. The minimum atomic E-state index is -0.309. The average Bonchev–Trinajstić information content (AvgIpc) is 3.08. The van der Waals surface area contributed by atoms with E-state index in [9.17, 15) is 9.59 Å². The minimum Gasteiger partial charge on any atom is -0.375 e. The highest BCUT2D eigenvalue weighted by Crippen LogP contribution is 2.60. The van der Waals surface area contributed by atoms with Crippen LogP contribution < -0.4 is 0 Å². The van der Waals surface area contributed by atoms with Gasteiger partial charge in [0.05, 0.1) is 31.6 Å². The van der Waals surface area contributed by atoms with Crippen LogP contribution in [0.5, 0.6) is 0 Å². The van der Waals surface area contributed by atoms with Gasteiger partial charge in [-0.2, -0.15) is 0 Å². The quantitative estimate of drug-likeness (QED) is 0.471. The van der Waals surface area contributed by atoms with Gasteiger partial charge in [-0.05, 0) is 27.8 Å².